The minimum absolute atomic E-state index is 0.144. The summed E-state index contributed by atoms with van der Waals surface area (Å²) >= 11 is 6.24. The molecular formula is C26H31ClN4O3. The molecule has 3 aliphatic heterocycles. The molecule has 0 saturated carbocycles. The molecule has 1 amide bonds. The first-order chi connectivity index (χ1) is 16.5. The van der Waals surface area contributed by atoms with E-state index in [4.69, 9.17) is 16.6 Å². The lowest BCUT2D eigenvalue weighted by atomic mass is 9.89. The average molecular weight is 483 g/mol. The van der Waals surface area contributed by atoms with Gasteiger partial charge in [-0.05, 0) is 61.3 Å². The summed E-state index contributed by atoms with van der Waals surface area (Å²) in [7, 11) is 0. The molecule has 0 aliphatic carbocycles. The first-order valence-electron chi connectivity index (χ1n) is 12.2. The maximum atomic E-state index is 13.1. The number of hydrogen-bond donors (Lipinski definition) is 2. The van der Waals surface area contributed by atoms with Gasteiger partial charge in [-0.2, -0.15) is 0 Å². The Hall–Kier alpha value is -2.64. The number of amides is 1. The van der Waals surface area contributed by atoms with Crippen molar-refractivity contribution in [3.63, 3.8) is 0 Å². The monoisotopic (exact) mass is 482 g/mol. The highest BCUT2D eigenvalue weighted by Crippen LogP contribution is 2.34. The van der Waals surface area contributed by atoms with E-state index in [2.05, 4.69) is 17.4 Å². The van der Waals surface area contributed by atoms with Gasteiger partial charge >= 0.3 is 5.97 Å². The number of carbonyl (C=O) groups excluding carboxylic acids is 1. The average Bonchev–Trinajstić information content (AvgIpc) is 2.81. The number of hydrogen-bond acceptors (Lipinski definition) is 5. The van der Waals surface area contributed by atoms with Crippen LogP contribution < -0.4 is 5.32 Å². The molecule has 1 atom stereocenters. The number of aliphatic carboxylic acids is 1. The SMILES string of the molecule is O=C(O)C(c1ccccc1Cl)N1CC(C(=O)N2CCC(Cc3ccc4c(n3)NCCC4)CC2)C1. The molecule has 1 aromatic carbocycles. The minimum atomic E-state index is -0.939. The van der Waals surface area contributed by atoms with Gasteiger partial charge in [-0.3, -0.25) is 14.5 Å². The second-order valence-electron chi connectivity index (χ2n) is 9.73. The molecule has 4 heterocycles. The smallest absolute Gasteiger partial charge is 0.325 e. The number of likely N-dealkylation sites (tertiary alicyclic amines) is 2. The first-order valence-corrected chi connectivity index (χ1v) is 12.6. The second-order valence-corrected chi connectivity index (χ2v) is 10.1. The topological polar surface area (TPSA) is 85.8 Å². The quantitative estimate of drug-likeness (QED) is 0.654. The number of fused-ring (bicyclic) bond motifs is 1. The largest absolute Gasteiger partial charge is 0.480 e. The van der Waals surface area contributed by atoms with Crippen molar-refractivity contribution in [2.75, 3.05) is 38.0 Å². The summed E-state index contributed by atoms with van der Waals surface area (Å²) in [6.45, 7) is 3.42. The van der Waals surface area contributed by atoms with Gasteiger partial charge in [0.2, 0.25) is 5.91 Å². The molecule has 0 bridgehead atoms. The molecule has 7 nitrogen and oxygen atoms in total. The van der Waals surface area contributed by atoms with Gasteiger partial charge in [0.1, 0.15) is 11.9 Å². The molecule has 1 aromatic heterocycles. The lowest BCUT2D eigenvalue weighted by Crippen LogP contribution is -2.57. The number of carbonyl (C=O) groups is 2. The lowest BCUT2D eigenvalue weighted by molar-refractivity contribution is -0.153. The Balaban J connectivity index is 1.12. The van der Waals surface area contributed by atoms with Gasteiger partial charge in [0.25, 0.3) is 0 Å². The predicted octanol–water partition coefficient (Wildman–Crippen LogP) is 3.63. The van der Waals surface area contributed by atoms with Crippen molar-refractivity contribution in [1.82, 2.24) is 14.8 Å². The third kappa shape index (κ3) is 4.77. The molecule has 2 saturated heterocycles. The Labute approximate surface area is 205 Å². The molecular weight excluding hydrogens is 452 g/mol. The van der Waals surface area contributed by atoms with Crippen LogP contribution in [0, 0.1) is 11.8 Å². The van der Waals surface area contributed by atoms with Crippen molar-refractivity contribution in [2.45, 2.75) is 38.1 Å². The van der Waals surface area contributed by atoms with Gasteiger partial charge < -0.3 is 15.3 Å². The predicted molar refractivity (Wildman–Crippen MR) is 131 cm³/mol. The molecule has 2 N–H and O–H groups in total. The number of anilines is 1. The molecule has 0 spiro atoms. The standard InChI is InChI=1S/C26H31ClN4O3/c27-22-6-2-1-5-21(22)23(26(33)34)31-15-19(16-31)25(32)30-12-9-17(10-13-30)14-20-8-7-18-4-3-11-28-24(18)29-20/h1-2,5-8,17,19,23H,3-4,9-16H2,(H,28,29)(H,33,34). The fraction of sp³-hybridized carbons (Fsp3) is 0.500. The zero-order chi connectivity index (χ0) is 23.7. The highest BCUT2D eigenvalue weighted by Gasteiger charge is 2.42. The van der Waals surface area contributed by atoms with Gasteiger partial charge in [0.05, 0.1) is 5.92 Å². The number of halogens is 1. The Bertz CT molecular complexity index is 1060. The van der Waals surface area contributed by atoms with Crippen molar-refractivity contribution < 1.29 is 14.7 Å². The lowest BCUT2D eigenvalue weighted by Gasteiger charge is -2.44. The van der Waals surface area contributed by atoms with Crippen LogP contribution in [0.4, 0.5) is 5.82 Å². The van der Waals surface area contributed by atoms with Crippen LogP contribution in [0.2, 0.25) is 5.02 Å². The van der Waals surface area contributed by atoms with Crippen LogP contribution in [0.25, 0.3) is 0 Å². The number of rotatable bonds is 6. The van der Waals surface area contributed by atoms with Gasteiger partial charge in [-0.25, -0.2) is 4.98 Å². The summed E-state index contributed by atoms with van der Waals surface area (Å²) in [5.74, 6) is 0.643. The maximum Gasteiger partial charge on any atom is 0.325 e. The molecule has 2 fully saturated rings. The third-order valence-corrected chi connectivity index (χ3v) is 7.78. The highest BCUT2D eigenvalue weighted by molar-refractivity contribution is 6.31. The molecule has 180 valence electrons. The zero-order valence-corrected chi connectivity index (χ0v) is 20.0. The third-order valence-electron chi connectivity index (χ3n) is 7.43. The van der Waals surface area contributed by atoms with Crippen LogP contribution in [0.15, 0.2) is 36.4 Å². The van der Waals surface area contributed by atoms with Gasteiger partial charge in [-0.15, -0.1) is 0 Å². The number of aromatic nitrogens is 1. The van der Waals surface area contributed by atoms with E-state index >= 15 is 0 Å². The summed E-state index contributed by atoms with van der Waals surface area (Å²) in [6.07, 6.45) is 5.17. The van der Waals surface area contributed by atoms with Crippen molar-refractivity contribution in [2.24, 2.45) is 11.8 Å². The van der Waals surface area contributed by atoms with E-state index < -0.39 is 12.0 Å². The number of piperidine rings is 1. The summed E-state index contributed by atoms with van der Waals surface area (Å²) in [6, 6.07) is 10.6. The molecule has 2 aromatic rings. The fourth-order valence-electron chi connectivity index (χ4n) is 5.46. The second kappa shape index (κ2) is 9.92. The van der Waals surface area contributed by atoms with Gasteiger partial charge in [-0.1, -0.05) is 35.9 Å². The Kier molecular flexibility index (Phi) is 6.75. The molecule has 5 rings (SSSR count). The number of carboxylic acids is 1. The van der Waals surface area contributed by atoms with Crippen LogP contribution in [0.3, 0.4) is 0 Å². The van der Waals surface area contributed by atoms with Crippen molar-refractivity contribution in [3.05, 3.63) is 58.2 Å². The highest BCUT2D eigenvalue weighted by atomic mass is 35.5. The van der Waals surface area contributed by atoms with E-state index in [-0.39, 0.29) is 11.8 Å². The molecule has 34 heavy (non-hydrogen) atoms. The summed E-state index contributed by atoms with van der Waals surface area (Å²) in [5.41, 5.74) is 3.02. The van der Waals surface area contributed by atoms with E-state index in [0.717, 1.165) is 63.3 Å². The molecule has 8 heteroatoms. The van der Waals surface area contributed by atoms with E-state index in [1.54, 1.807) is 24.3 Å². The maximum absolute atomic E-state index is 13.1. The molecule has 1 unspecified atom stereocenters. The van der Waals surface area contributed by atoms with Gasteiger partial charge in [0.15, 0.2) is 0 Å². The van der Waals surface area contributed by atoms with Crippen LogP contribution in [-0.2, 0) is 22.4 Å². The Morgan fingerprint density at radius 2 is 1.91 bits per heavy atom. The zero-order valence-electron chi connectivity index (χ0n) is 19.3. The Morgan fingerprint density at radius 1 is 1.15 bits per heavy atom. The number of nitrogens with zero attached hydrogens (tertiary/aromatic N) is 3. The van der Waals surface area contributed by atoms with E-state index in [0.29, 0.717) is 29.6 Å². The minimum Gasteiger partial charge on any atom is -0.480 e. The van der Waals surface area contributed by atoms with Crippen LogP contribution >= 0.6 is 11.6 Å². The molecule has 0 radical (unpaired) electrons. The van der Waals surface area contributed by atoms with Crippen LogP contribution in [0.1, 0.15) is 42.1 Å². The summed E-state index contributed by atoms with van der Waals surface area (Å²) in [4.78, 5) is 33.6. The summed E-state index contributed by atoms with van der Waals surface area (Å²) < 4.78 is 0. The van der Waals surface area contributed by atoms with Crippen molar-refractivity contribution in [1.29, 1.82) is 0 Å². The number of pyridine rings is 1. The van der Waals surface area contributed by atoms with E-state index in [1.807, 2.05) is 9.80 Å². The van der Waals surface area contributed by atoms with Crippen LogP contribution in [0.5, 0.6) is 0 Å². The first kappa shape index (κ1) is 23.1. The number of nitrogens with one attached hydrogen (secondary N) is 1. The number of benzene rings is 1. The number of aryl methyl sites for hydroxylation is 1. The van der Waals surface area contributed by atoms with Gasteiger partial charge in [0, 0.05) is 43.4 Å². The molecule has 3 aliphatic rings. The van der Waals surface area contributed by atoms with Crippen molar-refractivity contribution >= 4 is 29.3 Å². The summed E-state index contributed by atoms with van der Waals surface area (Å²) in [5, 5.41) is 13.6. The van der Waals surface area contributed by atoms with Crippen molar-refractivity contribution in [3.8, 4) is 0 Å². The van der Waals surface area contributed by atoms with E-state index in [1.165, 1.54) is 5.56 Å². The Morgan fingerprint density at radius 3 is 2.65 bits per heavy atom. The number of carboxylic acid groups (broad SMARTS) is 1. The normalized spacial score (nSPS) is 20.2. The fourth-order valence-corrected chi connectivity index (χ4v) is 5.70. The van der Waals surface area contributed by atoms with E-state index in [9.17, 15) is 14.7 Å². The van der Waals surface area contributed by atoms with Crippen LogP contribution in [-0.4, -0.2) is 64.5 Å².